The lowest BCUT2D eigenvalue weighted by Crippen LogP contribution is -1.87. The van der Waals surface area contributed by atoms with Crippen molar-refractivity contribution in [1.82, 2.24) is 0 Å². The van der Waals surface area contributed by atoms with Crippen molar-refractivity contribution in [1.29, 1.82) is 0 Å². The van der Waals surface area contributed by atoms with Gasteiger partial charge in [-0.15, -0.1) is 0 Å². The summed E-state index contributed by atoms with van der Waals surface area (Å²) >= 11 is 6.97. The van der Waals surface area contributed by atoms with Crippen LogP contribution in [-0.2, 0) is 4.79 Å². The van der Waals surface area contributed by atoms with Crippen LogP contribution in [0.5, 0.6) is 0 Å². The first-order valence-corrected chi connectivity index (χ1v) is 4.96. The van der Waals surface area contributed by atoms with Crippen LogP contribution in [0.4, 0.5) is 5.69 Å². The summed E-state index contributed by atoms with van der Waals surface area (Å²) in [5.41, 5.74) is 6.22. The zero-order valence-electron chi connectivity index (χ0n) is 7.11. The molecule has 0 radical (unpaired) electrons. The van der Waals surface area contributed by atoms with Crippen LogP contribution in [-0.4, -0.2) is 11.1 Å². The fourth-order valence-electron chi connectivity index (χ4n) is 0.776. The molecule has 0 unspecified atom stereocenters. The molecule has 0 aliphatic rings. The Hall–Kier alpha value is -1.13. The van der Waals surface area contributed by atoms with Crippen molar-refractivity contribution in [3.63, 3.8) is 0 Å². The second-order valence-electron chi connectivity index (χ2n) is 2.44. The Morgan fingerprint density at radius 1 is 1.57 bits per heavy atom. The molecule has 0 aliphatic heterocycles. The quantitative estimate of drug-likeness (QED) is 0.475. The van der Waals surface area contributed by atoms with E-state index in [1.54, 1.807) is 18.2 Å². The number of anilines is 1. The van der Waals surface area contributed by atoms with E-state index in [4.69, 9.17) is 22.4 Å². The van der Waals surface area contributed by atoms with Gasteiger partial charge in [-0.25, -0.2) is 4.79 Å². The molecule has 0 aliphatic carbocycles. The zero-order valence-corrected chi connectivity index (χ0v) is 8.68. The van der Waals surface area contributed by atoms with E-state index in [-0.39, 0.29) is 0 Å². The molecule has 3 N–H and O–H groups in total. The van der Waals surface area contributed by atoms with Crippen LogP contribution in [0.1, 0.15) is 0 Å². The van der Waals surface area contributed by atoms with Crippen LogP contribution in [0.25, 0.3) is 0 Å². The molecule has 0 bridgehead atoms. The first kappa shape index (κ1) is 10.9. The Morgan fingerprint density at radius 3 is 2.93 bits per heavy atom. The van der Waals surface area contributed by atoms with Gasteiger partial charge in [0.25, 0.3) is 0 Å². The third kappa shape index (κ3) is 3.32. The molecular formula is C9H8ClNO2S. The summed E-state index contributed by atoms with van der Waals surface area (Å²) in [5.74, 6) is -0.988. The Bertz CT molecular complexity index is 379. The predicted molar refractivity (Wildman–Crippen MR) is 58.5 cm³/mol. The van der Waals surface area contributed by atoms with Gasteiger partial charge in [-0.05, 0) is 23.6 Å². The average Bonchev–Trinajstić information content (AvgIpc) is 2.10. The van der Waals surface area contributed by atoms with E-state index in [1.807, 2.05) is 0 Å². The first-order valence-electron chi connectivity index (χ1n) is 3.71. The van der Waals surface area contributed by atoms with Gasteiger partial charge in [-0.3, -0.25) is 0 Å². The fourth-order valence-corrected chi connectivity index (χ4v) is 1.74. The molecule has 0 aromatic heterocycles. The van der Waals surface area contributed by atoms with Gasteiger partial charge in [0.1, 0.15) is 0 Å². The van der Waals surface area contributed by atoms with E-state index in [0.29, 0.717) is 10.7 Å². The standard InChI is InChI=1S/C9H8ClNO2S/c10-6-1-2-7(11)8(5-6)14-4-3-9(12)13/h1-5H,11H2,(H,12,13). The van der Waals surface area contributed by atoms with Gasteiger partial charge in [0.15, 0.2) is 0 Å². The summed E-state index contributed by atoms with van der Waals surface area (Å²) in [7, 11) is 0. The summed E-state index contributed by atoms with van der Waals surface area (Å²) < 4.78 is 0. The molecule has 0 saturated heterocycles. The van der Waals surface area contributed by atoms with Crippen molar-refractivity contribution >= 4 is 35.0 Å². The maximum absolute atomic E-state index is 10.2. The molecule has 0 saturated carbocycles. The number of carboxylic acids is 1. The van der Waals surface area contributed by atoms with Gasteiger partial charge in [-0.1, -0.05) is 23.4 Å². The molecule has 0 amide bonds. The molecule has 14 heavy (non-hydrogen) atoms. The SMILES string of the molecule is Nc1ccc(Cl)cc1SC=CC(=O)O. The van der Waals surface area contributed by atoms with Gasteiger partial charge in [-0.2, -0.15) is 0 Å². The third-order valence-corrected chi connectivity index (χ3v) is 2.50. The summed E-state index contributed by atoms with van der Waals surface area (Å²) in [6.45, 7) is 0. The summed E-state index contributed by atoms with van der Waals surface area (Å²) in [5, 5.41) is 10.4. The number of halogens is 1. The number of aliphatic carboxylic acids is 1. The highest BCUT2D eigenvalue weighted by Gasteiger charge is 1.98. The van der Waals surface area contributed by atoms with Gasteiger partial charge < -0.3 is 10.8 Å². The molecular weight excluding hydrogens is 222 g/mol. The number of carboxylic acid groups (broad SMARTS) is 1. The summed E-state index contributed by atoms with van der Waals surface area (Å²) in [4.78, 5) is 10.9. The molecule has 0 atom stereocenters. The highest BCUT2D eigenvalue weighted by Crippen LogP contribution is 2.28. The molecule has 5 heteroatoms. The topological polar surface area (TPSA) is 63.3 Å². The van der Waals surface area contributed by atoms with Crippen LogP contribution < -0.4 is 5.73 Å². The predicted octanol–water partition coefficient (Wildman–Crippen LogP) is 2.61. The molecule has 1 aromatic rings. The lowest BCUT2D eigenvalue weighted by molar-refractivity contribution is -0.131. The summed E-state index contributed by atoms with van der Waals surface area (Å²) in [6, 6.07) is 5.05. The zero-order chi connectivity index (χ0) is 10.6. The van der Waals surface area contributed by atoms with E-state index < -0.39 is 5.97 Å². The number of hydrogen-bond donors (Lipinski definition) is 2. The molecule has 0 fully saturated rings. The minimum atomic E-state index is -0.988. The number of carbonyl (C=O) groups is 1. The second kappa shape index (κ2) is 4.93. The second-order valence-corrected chi connectivity index (χ2v) is 3.83. The number of benzene rings is 1. The summed E-state index contributed by atoms with van der Waals surface area (Å²) in [6.07, 6.45) is 1.05. The number of nitrogen functional groups attached to an aromatic ring is 1. The van der Waals surface area contributed by atoms with Crippen LogP contribution in [0.2, 0.25) is 5.02 Å². The Kier molecular flexibility index (Phi) is 3.85. The molecule has 74 valence electrons. The van der Waals surface area contributed by atoms with Crippen LogP contribution in [0.3, 0.4) is 0 Å². The van der Waals surface area contributed by atoms with Crippen molar-refractivity contribution in [2.45, 2.75) is 4.90 Å². The molecule has 0 heterocycles. The van der Waals surface area contributed by atoms with Crippen molar-refractivity contribution in [3.8, 4) is 0 Å². The number of thioether (sulfide) groups is 1. The van der Waals surface area contributed by atoms with E-state index in [0.717, 1.165) is 11.0 Å². The van der Waals surface area contributed by atoms with Crippen molar-refractivity contribution in [3.05, 3.63) is 34.7 Å². The van der Waals surface area contributed by atoms with Gasteiger partial charge in [0.05, 0.1) is 0 Å². The average molecular weight is 230 g/mol. The first-order chi connectivity index (χ1) is 6.59. The van der Waals surface area contributed by atoms with Crippen LogP contribution >= 0.6 is 23.4 Å². The molecule has 3 nitrogen and oxygen atoms in total. The smallest absolute Gasteiger partial charge is 0.328 e. The highest BCUT2D eigenvalue weighted by molar-refractivity contribution is 8.02. The monoisotopic (exact) mass is 229 g/mol. The normalized spacial score (nSPS) is 10.6. The molecule has 1 aromatic carbocycles. The number of nitrogens with two attached hydrogens (primary N) is 1. The Labute approximate surface area is 90.6 Å². The largest absolute Gasteiger partial charge is 0.478 e. The van der Waals surface area contributed by atoms with E-state index in [9.17, 15) is 4.79 Å². The highest BCUT2D eigenvalue weighted by atomic mass is 35.5. The van der Waals surface area contributed by atoms with Crippen molar-refractivity contribution in [2.24, 2.45) is 0 Å². The fraction of sp³-hybridized carbons (Fsp3) is 0. The molecule has 1 rings (SSSR count). The third-order valence-electron chi connectivity index (χ3n) is 1.38. The maximum atomic E-state index is 10.2. The Balaban J connectivity index is 2.76. The number of hydrogen-bond acceptors (Lipinski definition) is 3. The lowest BCUT2D eigenvalue weighted by atomic mass is 10.3. The van der Waals surface area contributed by atoms with Crippen LogP contribution in [0, 0.1) is 0 Å². The van der Waals surface area contributed by atoms with E-state index in [2.05, 4.69) is 0 Å². The van der Waals surface area contributed by atoms with E-state index in [1.165, 1.54) is 17.2 Å². The van der Waals surface area contributed by atoms with Gasteiger partial charge >= 0.3 is 5.97 Å². The van der Waals surface area contributed by atoms with Crippen LogP contribution in [0.15, 0.2) is 34.6 Å². The minimum Gasteiger partial charge on any atom is -0.478 e. The van der Waals surface area contributed by atoms with Crippen molar-refractivity contribution < 1.29 is 9.90 Å². The lowest BCUT2D eigenvalue weighted by Gasteiger charge is -2.01. The molecule has 0 spiro atoms. The number of rotatable bonds is 3. The van der Waals surface area contributed by atoms with E-state index >= 15 is 0 Å². The van der Waals surface area contributed by atoms with Crippen molar-refractivity contribution in [2.75, 3.05) is 5.73 Å². The maximum Gasteiger partial charge on any atom is 0.328 e. The minimum absolute atomic E-state index is 0.574. The van der Waals surface area contributed by atoms with Gasteiger partial charge in [0.2, 0.25) is 0 Å². The van der Waals surface area contributed by atoms with Gasteiger partial charge in [0, 0.05) is 21.7 Å². The Morgan fingerprint density at radius 2 is 2.29 bits per heavy atom.